The maximum Gasteiger partial charge on any atom is 0.161 e. The molecular formula is C14H21N3OS. The van der Waals surface area contributed by atoms with Gasteiger partial charge < -0.3 is 10.1 Å². The predicted molar refractivity (Wildman–Crippen MR) is 79.0 cm³/mol. The Morgan fingerprint density at radius 1 is 1.47 bits per heavy atom. The molecule has 0 saturated carbocycles. The van der Waals surface area contributed by atoms with Gasteiger partial charge in [-0.3, -0.25) is 4.68 Å². The van der Waals surface area contributed by atoms with Crippen molar-refractivity contribution in [3.05, 3.63) is 33.8 Å². The monoisotopic (exact) mass is 279 g/mol. The van der Waals surface area contributed by atoms with Crippen LogP contribution >= 0.6 is 11.3 Å². The lowest BCUT2D eigenvalue weighted by molar-refractivity contribution is 0.400. The van der Waals surface area contributed by atoms with E-state index in [0.717, 1.165) is 24.5 Å². The molecule has 0 saturated heterocycles. The van der Waals surface area contributed by atoms with Crippen LogP contribution in [0.3, 0.4) is 0 Å². The van der Waals surface area contributed by atoms with Crippen LogP contribution in [0, 0.1) is 6.92 Å². The van der Waals surface area contributed by atoms with Crippen molar-refractivity contribution < 1.29 is 4.74 Å². The summed E-state index contributed by atoms with van der Waals surface area (Å²) < 4.78 is 7.48. The average Bonchev–Trinajstić information content (AvgIpc) is 3.01. The number of methoxy groups -OCH3 is 1. The van der Waals surface area contributed by atoms with Gasteiger partial charge in [-0.15, -0.1) is 11.3 Å². The Labute approximate surface area is 118 Å². The van der Waals surface area contributed by atoms with E-state index in [1.54, 1.807) is 24.6 Å². The molecule has 2 aromatic heterocycles. The summed E-state index contributed by atoms with van der Waals surface area (Å²) in [6.07, 6.45) is 1.80. The van der Waals surface area contributed by atoms with Gasteiger partial charge in [0.05, 0.1) is 19.3 Å². The summed E-state index contributed by atoms with van der Waals surface area (Å²) in [5.41, 5.74) is 2.42. The molecule has 0 aromatic carbocycles. The zero-order valence-electron chi connectivity index (χ0n) is 11.9. The van der Waals surface area contributed by atoms with Crippen LogP contribution in [0.4, 0.5) is 0 Å². The van der Waals surface area contributed by atoms with Crippen LogP contribution in [0.25, 0.3) is 0 Å². The first-order chi connectivity index (χ1) is 9.22. The van der Waals surface area contributed by atoms with Gasteiger partial charge in [-0.2, -0.15) is 5.10 Å². The topological polar surface area (TPSA) is 39.1 Å². The molecule has 104 valence electrons. The number of rotatable bonds is 6. The third-order valence-corrected chi connectivity index (χ3v) is 4.29. The number of ether oxygens (including phenoxy) is 1. The average molecular weight is 279 g/mol. The minimum Gasteiger partial charge on any atom is -0.493 e. The van der Waals surface area contributed by atoms with Gasteiger partial charge in [-0.05, 0) is 37.4 Å². The van der Waals surface area contributed by atoms with Gasteiger partial charge >= 0.3 is 0 Å². The van der Waals surface area contributed by atoms with Crippen LogP contribution in [-0.2, 0) is 6.54 Å². The maximum atomic E-state index is 5.47. The summed E-state index contributed by atoms with van der Waals surface area (Å²) in [4.78, 5) is 1.33. The summed E-state index contributed by atoms with van der Waals surface area (Å²) in [5, 5.41) is 10.1. The molecule has 1 N–H and O–H groups in total. The van der Waals surface area contributed by atoms with Gasteiger partial charge in [0, 0.05) is 11.4 Å². The molecular weight excluding hydrogens is 258 g/mol. The highest BCUT2D eigenvalue weighted by molar-refractivity contribution is 7.10. The molecule has 2 aromatic rings. The maximum absolute atomic E-state index is 5.47. The fourth-order valence-corrected chi connectivity index (χ4v) is 3.28. The van der Waals surface area contributed by atoms with E-state index in [1.807, 2.05) is 4.68 Å². The fourth-order valence-electron chi connectivity index (χ4n) is 2.28. The molecule has 0 amide bonds. The van der Waals surface area contributed by atoms with Gasteiger partial charge in [0.1, 0.15) is 5.69 Å². The molecule has 0 aliphatic rings. The van der Waals surface area contributed by atoms with Gasteiger partial charge in [0.15, 0.2) is 5.75 Å². The second kappa shape index (κ2) is 6.21. The van der Waals surface area contributed by atoms with Crippen LogP contribution < -0.4 is 10.1 Å². The van der Waals surface area contributed by atoms with Crippen molar-refractivity contribution >= 4 is 11.3 Å². The van der Waals surface area contributed by atoms with E-state index in [2.05, 4.69) is 42.6 Å². The van der Waals surface area contributed by atoms with Crippen LogP contribution in [0.2, 0.25) is 0 Å². The first kappa shape index (κ1) is 14.1. The molecule has 0 aliphatic heterocycles. The van der Waals surface area contributed by atoms with Crippen molar-refractivity contribution in [2.24, 2.45) is 0 Å². The zero-order valence-corrected chi connectivity index (χ0v) is 12.8. The Morgan fingerprint density at radius 3 is 2.79 bits per heavy atom. The first-order valence-electron chi connectivity index (χ1n) is 6.59. The summed E-state index contributed by atoms with van der Waals surface area (Å²) in [6, 6.07) is 2.30. The molecule has 2 heterocycles. The number of nitrogens with zero attached hydrogens (tertiary/aromatic N) is 2. The van der Waals surface area contributed by atoms with E-state index in [-0.39, 0.29) is 6.04 Å². The SMILES string of the molecule is CCNC(c1sccc1C)c1c(OC)cnn1CC. The Hall–Kier alpha value is -1.33. The normalized spacial score (nSPS) is 12.6. The molecule has 1 atom stereocenters. The van der Waals surface area contributed by atoms with E-state index in [9.17, 15) is 0 Å². The molecule has 5 heteroatoms. The Morgan fingerprint density at radius 2 is 2.26 bits per heavy atom. The Balaban J connectivity index is 2.50. The van der Waals surface area contributed by atoms with Gasteiger partial charge in [-0.25, -0.2) is 0 Å². The molecule has 0 radical (unpaired) electrons. The minimum absolute atomic E-state index is 0.141. The van der Waals surface area contributed by atoms with Gasteiger partial charge in [0.2, 0.25) is 0 Å². The fraction of sp³-hybridized carbons (Fsp3) is 0.500. The summed E-state index contributed by atoms with van der Waals surface area (Å²) in [5.74, 6) is 0.848. The number of nitrogens with one attached hydrogen (secondary N) is 1. The lowest BCUT2D eigenvalue weighted by Crippen LogP contribution is -2.25. The smallest absolute Gasteiger partial charge is 0.161 e. The van der Waals surface area contributed by atoms with Crippen molar-refractivity contribution in [1.82, 2.24) is 15.1 Å². The minimum atomic E-state index is 0.141. The lowest BCUT2D eigenvalue weighted by atomic mass is 10.1. The quantitative estimate of drug-likeness (QED) is 0.883. The Kier molecular flexibility index (Phi) is 4.61. The third-order valence-electron chi connectivity index (χ3n) is 3.21. The second-order valence-electron chi connectivity index (χ2n) is 4.37. The molecule has 2 rings (SSSR count). The van der Waals surface area contributed by atoms with Crippen LogP contribution in [0.15, 0.2) is 17.6 Å². The van der Waals surface area contributed by atoms with E-state index >= 15 is 0 Å². The van der Waals surface area contributed by atoms with Crippen molar-refractivity contribution in [1.29, 1.82) is 0 Å². The van der Waals surface area contributed by atoms with Gasteiger partial charge in [-0.1, -0.05) is 6.92 Å². The summed E-state index contributed by atoms with van der Waals surface area (Å²) in [7, 11) is 1.70. The molecule has 0 spiro atoms. The van der Waals surface area contributed by atoms with E-state index < -0.39 is 0 Å². The van der Waals surface area contributed by atoms with Crippen LogP contribution in [0.5, 0.6) is 5.75 Å². The Bertz CT molecular complexity index is 511. The number of aromatic nitrogens is 2. The molecule has 19 heavy (non-hydrogen) atoms. The number of thiophene rings is 1. The van der Waals surface area contributed by atoms with Crippen LogP contribution in [0.1, 0.15) is 36.0 Å². The molecule has 0 aliphatic carbocycles. The van der Waals surface area contributed by atoms with Gasteiger partial charge in [0.25, 0.3) is 0 Å². The van der Waals surface area contributed by atoms with E-state index in [1.165, 1.54) is 10.4 Å². The number of hydrogen-bond donors (Lipinski definition) is 1. The van der Waals surface area contributed by atoms with Crippen molar-refractivity contribution in [3.63, 3.8) is 0 Å². The molecule has 0 bridgehead atoms. The number of aryl methyl sites for hydroxylation is 2. The first-order valence-corrected chi connectivity index (χ1v) is 7.47. The third kappa shape index (κ3) is 2.67. The van der Waals surface area contributed by atoms with E-state index in [0.29, 0.717) is 0 Å². The summed E-state index contributed by atoms with van der Waals surface area (Å²) in [6.45, 7) is 8.11. The highest BCUT2D eigenvalue weighted by atomic mass is 32.1. The number of hydrogen-bond acceptors (Lipinski definition) is 4. The van der Waals surface area contributed by atoms with Crippen LogP contribution in [-0.4, -0.2) is 23.4 Å². The molecule has 0 fully saturated rings. The highest BCUT2D eigenvalue weighted by Gasteiger charge is 2.24. The standard InChI is InChI=1S/C14H21N3OS/c1-5-15-12(14-10(3)7-8-19-14)13-11(18-4)9-16-17(13)6-2/h7-9,12,15H,5-6H2,1-4H3. The predicted octanol–water partition coefficient (Wildman–Crippen LogP) is 2.98. The molecule has 4 nitrogen and oxygen atoms in total. The largest absolute Gasteiger partial charge is 0.493 e. The van der Waals surface area contributed by atoms with Crippen molar-refractivity contribution in [3.8, 4) is 5.75 Å². The van der Waals surface area contributed by atoms with E-state index in [4.69, 9.17) is 4.74 Å². The summed E-state index contributed by atoms with van der Waals surface area (Å²) >= 11 is 1.78. The lowest BCUT2D eigenvalue weighted by Gasteiger charge is -2.20. The highest BCUT2D eigenvalue weighted by Crippen LogP contribution is 2.34. The zero-order chi connectivity index (χ0) is 13.8. The van der Waals surface area contributed by atoms with Crippen molar-refractivity contribution in [2.75, 3.05) is 13.7 Å². The second-order valence-corrected chi connectivity index (χ2v) is 5.32. The van der Waals surface area contributed by atoms with Crippen molar-refractivity contribution in [2.45, 2.75) is 33.4 Å². The molecule has 1 unspecified atom stereocenters.